The summed E-state index contributed by atoms with van der Waals surface area (Å²) in [5.74, 6) is 0.940. The van der Waals surface area contributed by atoms with Gasteiger partial charge in [-0.2, -0.15) is 0 Å². The molecule has 2 unspecified atom stereocenters. The highest BCUT2D eigenvalue weighted by atomic mass is 79.9. The molecule has 0 aromatic heterocycles. The van der Waals surface area contributed by atoms with E-state index in [2.05, 4.69) is 20.8 Å². The summed E-state index contributed by atoms with van der Waals surface area (Å²) < 4.78 is 5.70. The van der Waals surface area contributed by atoms with Crippen LogP contribution in [-0.2, 0) is 0 Å². The Balaban J connectivity index is 1.79. The average molecular weight is 352 g/mol. The Hall–Kier alpha value is -1.03. The number of alkyl halides is 1. The van der Waals surface area contributed by atoms with Gasteiger partial charge in [0, 0.05) is 22.5 Å². The number of ether oxygens (including phenoxy) is 1. The van der Waals surface area contributed by atoms with Gasteiger partial charge in [0.05, 0.1) is 6.10 Å². The van der Waals surface area contributed by atoms with Crippen molar-refractivity contribution in [2.24, 2.45) is 0 Å². The molecule has 1 aromatic carbocycles. The molecule has 2 aliphatic heterocycles. The minimum Gasteiger partial charge on any atom is -0.491 e. The van der Waals surface area contributed by atoms with Gasteiger partial charge >= 0.3 is 0 Å². The summed E-state index contributed by atoms with van der Waals surface area (Å²) in [7, 11) is 0. The SMILES string of the molecule is CC(C)Oc1cccc(C(=O)N2C3CCC2CC(Br)C3)c1. The summed E-state index contributed by atoms with van der Waals surface area (Å²) in [6, 6.07) is 8.39. The third-order valence-electron chi connectivity index (χ3n) is 4.36. The third-order valence-corrected chi connectivity index (χ3v) is 5.11. The molecule has 2 fully saturated rings. The number of carbonyl (C=O) groups excluding carboxylic acids is 1. The Morgan fingerprint density at radius 3 is 2.57 bits per heavy atom. The number of hydrogen-bond acceptors (Lipinski definition) is 2. The molecule has 0 N–H and O–H groups in total. The van der Waals surface area contributed by atoms with Gasteiger partial charge in [-0.1, -0.05) is 22.0 Å². The predicted molar refractivity (Wildman–Crippen MR) is 87.1 cm³/mol. The van der Waals surface area contributed by atoms with Gasteiger partial charge in [0.1, 0.15) is 5.75 Å². The Bertz CT molecular complexity index is 517. The van der Waals surface area contributed by atoms with Gasteiger partial charge in [-0.15, -0.1) is 0 Å². The zero-order valence-corrected chi connectivity index (χ0v) is 14.2. The fourth-order valence-corrected chi connectivity index (χ4v) is 4.43. The van der Waals surface area contributed by atoms with E-state index in [1.54, 1.807) is 0 Å². The highest BCUT2D eigenvalue weighted by Gasteiger charge is 2.42. The molecule has 114 valence electrons. The minimum absolute atomic E-state index is 0.121. The van der Waals surface area contributed by atoms with E-state index in [9.17, 15) is 4.79 Å². The van der Waals surface area contributed by atoms with E-state index in [4.69, 9.17) is 4.74 Å². The molecule has 2 heterocycles. The molecule has 0 radical (unpaired) electrons. The first-order chi connectivity index (χ1) is 10.0. The molecule has 0 spiro atoms. The molecule has 0 aliphatic carbocycles. The van der Waals surface area contributed by atoms with Crippen LogP contribution in [0.2, 0.25) is 0 Å². The molecule has 2 aliphatic rings. The van der Waals surface area contributed by atoms with E-state index in [0.29, 0.717) is 16.9 Å². The molecule has 0 saturated carbocycles. The molecule has 4 heteroatoms. The van der Waals surface area contributed by atoms with Crippen LogP contribution >= 0.6 is 15.9 Å². The number of hydrogen-bond donors (Lipinski definition) is 0. The van der Waals surface area contributed by atoms with Gasteiger partial charge in [0.2, 0.25) is 0 Å². The minimum atomic E-state index is 0.121. The van der Waals surface area contributed by atoms with Crippen molar-refractivity contribution in [3.63, 3.8) is 0 Å². The van der Waals surface area contributed by atoms with Gasteiger partial charge in [-0.05, 0) is 57.7 Å². The summed E-state index contributed by atoms with van der Waals surface area (Å²) in [6.07, 6.45) is 4.55. The third kappa shape index (κ3) is 3.10. The first-order valence-electron chi connectivity index (χ1n) is 7.78. The average Bonchev–Trinajstić information content (AvgIpc) is 2.69. The monoisotopic (exact) mass is 351 g/mol. The molecule has 1 amide bonds. The standard InChI is InChI=1S/C17H22BrNO2/c1-11(2)21-16-5-3-4-12(8-16)17(20)19-14-6-7-15(19)10-13(18)9-14/h3-5,8,11,13-15H,6-7,9-10H2,1-2H3. The maximum atomic E-state index is 12.9. The second kappa shape index (κ2) is 5.99. The van der Waals surface area contributed by atoms with Gasteiger partial charge in [-0.3, -0.25) is 4.79 Å². The van der Waals surface area contributed by atoms with Crippen LogP contribution in [0.3, 0.4) is 0 Å². The van der Waals surface area contributed by atoms with Crippen molar-refractivity contribution in [1.82, 2.24) is 4.90 Å². The van der Waals surface area contributed by atoms with Crippen LogP contribution in [0.1, 0.15) is 49.9 Å². The van der Waals surface area contributed by atoms with Crippen molar-refractivity contribution in [1.29, 1.82) is 0 Å². The summed E-state index contributed by atoms with van der Waals surface area (Å²) in [5, 5.41) is 0. The molecular formula is C17H22BrNO2. The summed E-state index contributed by atoms with van der Waals surface area (Å²) in [5.41, 5.74) is 0.748. The van der Waals surface area contributed by atoms with E-state index < -0.39 is 0 Å². The van der Waals surface area contributed by atoms with Crippen LogP contribution < -0.4 is 4.74 Å². The number of amides is 1. The zero-order valence-electron chi connectivity index (χ0n) is 12.6. The van der Waals surface area contributed by atoms with Crippen LogP contribution in [0.5, 0.6) is 5.75 Å². The first-order valence-corrected chi connectivity index (χ1v) is 8.69. The Morgan fingerprint density at radius 1 is 1.29 bits per heavy atom. The van der Waals surface area contributed by atoms with E-state index in [1.807, 2.05) is 38.1 Å². The van der Waals surface area contributed by atoms with E-state index in [0.717, 1.165) is 37.0 Å². The number of rotatable bonds is 3. The largest absolute Gasteiger partial charge is 0.491 e. The Morgan fingerprint density at radius 2 is 1.95 bits per heavy atom. The first kappa shape index (κ1) is 14.9. The number of nitrogens with zero attached hydrogens (tertiary/aromatic N) is 1. The number of carbonyl (C=O) groups is 1. The van der Waals surface area contributed by atoms with E-state index >= 15 is 0 Å². The number of piperidine rings is 1. The quantitative estimate of drug-likeness (QED) is 0.770. The highest BCUT2D eigenvalue weighted by molar-refractivity contribution is 9.09. The fraction of sp³-hybridized carbons (Fsp3) is 0.588. The van der Waals surface area contributed by atoms with E-state index in [-0.39, 0.29) is 12.0 Å². The van der Waals surface area contributed by atoms with Crippen molar-refractivity contribution in [3.8, 4) is 5.75 Å². The molecule has 3 rings (SSSR count). The van der Waals surface area contributed by atoms with Crippen LogP contribution in [0.25, 0.3) is 0 Å². The second-order valence-corrected chi connectivity index (χ2v) is 7.66. The van der Waals surface area contributed by atoms with Gasteiger partial charge < -0.3 is 9.64 Å². The molecule has 2 saturated heterocycles. The lowest BCUT2D eigenvalue weighted by Crippen LogP contribution is -2.46. The molecule has 2 bridgehead atoms. The highest BCUT2D eigenvalue weighted by Crippen LogP contribution is 2.39. The van der Waals surface area contributed by atoms with Gasteiger partial charge in [-0.25, -0.2) is 0 Å². The molecule has 3 nitrogen and oxygen atoms in total. The molecule has 1 aromatic rings. The smallest absolute Gasteiger partial charge is 0.254 e. The number of halogens is 1. The fourth-order valence-electron chi connectivity index (χ4n) is 3.57. The van der Waals surface area contributed by atoms with Crippen LogP contribution in [0.15, 0.2) is 24.3 Å². The Kier molecular flexibility index (Phi) is 4.25. The van der Waals surface area contributed by atoms with Crippen molar-refractivity contribution >= 4 is 21.8 Å². The van der Waals surface area contributed by atoms with Crippen molar-refractivity contribution in [2.45, 2.75) is 62.5 Å². The van der Waals surface area contributed by atoms with Crippen molar-refractivity contribution in [3.05, 3.63) is 29.8 Å². The molecular weight excluding hydrogens is 330 g/mol. The van der Waals surface area contributed by atoms with Crippen LogP contribution in [0.4, 0.5) is 0 Å². The number of benzene rings is 1. The zero-order chi connectivity index (χ0) is 15.0. The normalized spacial score (nSPS) is 28.0. The van der Waals surface area contributed by atoms with Crippen LogP contribution in [-0.4, -0.2) is 33.8 Å². The predicted octanol–water partition coefficient (Wildman–Crippen LogP) is 4.00. The maximum absolute atomic E-state index is 12.9. The van der Waals surface area contributed by atoms with Gasteiger partial charge in [0.25, 0.3) is 5.91 Å². The van der Waals surface area contributed by atoms with Crippen molar-refractivity contribution < 1.29 is 9.53 Å². The maximum Gasteiger partial charge on any atom is 0.254 e. The lowest BCUT2D eigenvalue weighted by Gasteiger charge is -2.37. The summed E-state index contributed by atoms with van der Waals surface area (Å²) >= 11 is 3.72. The van der Waals surface area contributed by atoms with Gasteiger partial charge in [0.15, 0.2) is 0 Å². The topological polar surface area (TPSA) is 29.5 Å². The summed E-state index contributed by atoms with van der Waals surface area (Å²) in [6.45, 7) is 3.99. The lowest BCUT2D eigenvalue weighted by molar-refractivity contribution is 0.0603. The van der Waals surface area contributed by atoms with Crippen molar-refractivity contribution in [2.75, 3.05) is 0 Å². The van der Waals surface area contributed by atoms with E-state index in [1.165, 1.54) is 0 Å². The Labute approximate surface area is 134 Å². The molecule has 2 atom stereocenters. The lowest BCUT2D eigenvalue weighted by atomic mass is 10.0. The van der Waals surface area contributed by atoms with Crippen LogP contribution in [0, 0.1) is 0 Å². The second-order valence-electron chi connectivity index (χ2n) is 6.36. The summed E-state index contributed by atoms with van der Waals surface area (Å²) in [4.78, 5) is 15.5. The number of fused-ring (bicyclic) bond motifs is 2. The molecule has 21 heavy (non-hydrogen) atoms.